The molecule has 0 bridgehead atoms. The third-order valence-corrected chi connectivity index (χ3v) is 5.89. The quantitative estimate of drug-likeness (QED) is 0.378. The fraction of sp³-hybridized carbons (Fsp3) is 0.545. The zero-order valence-corrected chi connectivity index (χ0v) is 17.4. The summed E-state index contributed by atoms with van der Waals surface area (Å²) in [4.78, 5) is 27.3. The van der Waals surface area contributed by atoms with E-state index in [-0.39, 0.29) is 24.2 Å². The maximum Gasteiger partial charge on any atom is 0.267 e. The summed E-state index contributed by atoms with van der Waals surface area (Å²) in [6.07, 6.45) is 9.13. The predicted octanol–water partition coefficient (Wildman–Crippen LogP) is 4.77. The Labute approximate surface area is 171 Å². The number of rotatable bonds is 13. The van der Waals surface area contributed by atoms with E-state index in [1.54, 1.807) is 0 Å². The average molecular weight is 408 g/mol. The lowest BCUT2D eigenvalue weighted by Gasteiger charge is -2.15. The average Bonchev–Trinajstić information content (AvgIpc) is 2.93. The summed E-state index contributed by atoms with van der Waals surface area (Å²) in [6.45, 7) is 2.52. The van der Waals surface area contributed by atoms with Gasteiger partial charge in [0.2, 0.25) is 0 Å². The fourth-order valence-corrected chi connectivity index (χ4v) is 4.19. The van der Waals surface area contributed by atoms with Gasteiger partial charge in [-0.15, -0.1) is 11.8 Å². The van der Waals surface area contributed by atoms with Crippen LogP contribution in [-0.4, -0.2) is 40.7 Å². The van der Waals surface area contributed by atoms with Crippen molar-refractivity contribution in [1.82, 2.24) is 4.90 Å². The monoisotopic (exact) mass is 407 g/mol. The van der Waals surface area contributed by atoms with Crippen molar-refractivity contribution in [1.29, 1.82) is 0 Å². The van der Waals surface area contributed by atoms with Crippen molar-refractivity contribution in [3.63, 3.8) is 0 Å². The largest absolute Gasteiger partial charge is 0.396 e. The summed E-state index contributed by atoms with van der Waals surface area (Å²) >= 11 is 1.19. The van der Waals surface area contributed by atoms with Gasteiger partial charge in [0, 0.05) is 12.3 Å². The highest BCUT2D eigenvalue weighted by atomic mass is 32.2. The molecule has 0 unspecified atom stereocenters. The van der Waals surface area contributed by atoms with E-state index < -0.39 is 0 Å². The number of aliphatic hydroxyl groups excluding tert-OH is 1. The first kappa shape index (κ1) is 22.6. The maximum atomic E-state index is 13.2. The lowest BCUT2D eigenvalue weighted by Crippen LogP contribution is -2.32. The highest BCUT2D eigenvalue weighted by Gasteiger charge is 2.38. The third kappa shape index (κ3) is 6.17. The van der Waals surface area contributed by atoms with Crippen molar-refractivity contribution < 1.29 is 19.1 Å². The Morgan fingerprint density at radius 2 is 1.54 bits per heavy atom. The summed E-state index contributed by atoms with van der Waals surface area (Å²) in [5.74, 6) is -0.669. The number of hydrogen-bond acceptors (Lipinski definition) is 4. The molecule has 0 spiro atoms. The molecule has 0 saturated heterocycles. The molecule has 28 heavy (non-hydrogen) atoms. The molecule has 1 aliphatic heterocycles. The van der Waals surface area contributed by atoms with Crippen LogP contribution < -0.4 is 0 Å². The minimum atomic E-state index is -0.388. The summed E-state index contributed by atoms with van der Waals surface area (Å²) in [5, 5.41) is 9.11. The molecule has 0 fully saturated rings. The first-order chi connectivity index (χ1) is 13.6. The van der Waals surface area contributed by atoms with Gasteiger partial charge in [0.25, 0.3) is 11.8 Å². The van der Waals surface area contributed by atoms with Crippen LogP contribution in [0.4, 0.5) is 4.39 Å². The molecule has 1 aromatic carbocycles. The number of aliphatic hydroxyl groups is 1. The van der Waals surface area contributed by atoms with Crippen molar-refractivity contribution in [3.8, 4) is 0 Å². The van der Waals surface area contributed by atoms with Gasteiger partial charge in [0.15, 0.2) is 0 Å². The van der Waals surface area contributed by atoms with E-state index in [0.29, 0.717) is 28.3 Å². The maximum absolute atomic E-state index is 13.2. The fourth-order valence-electron chi connectivity index (χ4n) is 3.31. The molecule has 0 radical (unpaired) electrons. The zero-order chi connectivity index (χ0) is 20.4. The number of thioether (sulfide) groups is 1. The third-order valence-electron chi connectivity index (χ3n) is 4.83. The Hall–Kier alpha value is -1.66. The van der Waals surface area contributed by atoms with Crippen molar-refractivity contribution in [2.75, 3.05) is 18.9 Å². The first-order valence-electron chi connectivity index (χ1n) is 10.2. The molecule has 0 saturated carbocycles. The van der Waals surface area contributed by atoms with E-state index in [1.165, 1.54) is 73.0 Å². The molecule has 1 N–H and O–H groups in total. The van der Waals surface area contributed by atoms with E-state index in [9.17, 15) is 14.0 Å². The molecular formula is C22H30FNO3S. The van der Waals surface area contributed by atoms with E-state index in [0.717, 1.165) is 19.3 Å². The SMILES string of the molecule is CCCCCCCCCCN1C(=O)C(SCCO)=C(c2ccc(F)cc2)C1=O. The van der Waals surface area contributed by atoms with Crippen LogP contribution in [0.5, 0.6) is 0 Å². The van der Waals surface area contributed by atoms with Crippen LogP contribution in [-0.2, 0) is 9.59 Å². The Morgan fingerprint density at radius 1 is 0.929 bits per heavy atom. The molecule has 1 heterocycles. The number of imide groups is 1. The Bertz CT molecular complexity index is 688. The van der Waals surface area contributed by atoms with Crippen LogP contribution in [0.3, 0.4) is 0 Å². The Kier molecular flexibility index (Phi) is 9.71. The van der Waals surface area contributed by atoms with Gasteiger partial charge < -0.3 is 5.11 Å². The second kappa shape index (κ2) is 12.0. The molecule has 6 heteroatoms. The molecule has 1 aromatic rings. The topological polar surface area (TPSA) is 57.6 Å². The Balaban J connectivity index is 1.96. The van der Waals surface area contributed by atoms with Crippen LogP contribution in [0.15, 0.2) is 29.2 Å². The van der Waals surface area contributed by atoms with Crippen LogP contribution in [0.2, 0.25) is 0 Å². The number of carbonyl (C=O) groups excluding carboxylic acids is 2. The normalized spacial score (nSPS) is 14.5. The minimum Gasteiger partial charge on any atom is -0.396 e. The van der Waals surface area contributed by atoms with Crippen LogP contribution >= 0.6 is 11.8 Å². The second-order valence-corrected chi connectivity index (χ2v) is 8.13. The van der Waals surface area contributed by atoms with Crippen molar-refractivity contribution in [3.05, 3.63) is 40.6 Å². The molecule has 2 rings (SSSR count). The number of nitrogens with zero attached hydrogens (tertiary/aromatic N) is 1. The number of amides is 2. The number of benzene rings is 1. The van der Waals surface area contributed by atoms with Crippen LogP contribution in [0.1, 0.15) is 63.9 Å². The van der Waals surface area contributed by atoms with Crippen LogP contribution in [0, 0.1) is 5.82 Å². The second-order valence-electron chi connectivity index (χ2n) is 7.02. The summed E-state index contributed by atoms with van der Waals surface area (Å²) in [6, 6.07) is 5.62. The van der Waals surface area contributed by atoms with Gasteiger partial charge in [-0.25, -0.2) is 4.39 Å². The number of hydrogen-bond donors (Lipinski definition) is 1. The summed E-state index contributed by atoms with van der Waals surface area (Å²) < 4.78 is 13.2. The molecule has 2 amide bonds. The molecule has 0 atom stereocenters. The van der Waals surface area contributed by atoms with Crippen molar-refractivity contribution in [2.45, 2.75) is 58.3 Å². The zero-order valence-electron chi connectivity index (χ0n) is 16.6. The molecule has 4 nitrogen and oxygen atoms in total. The van der Waals surface area contributed by atoms with Crippen molar-refractivity contribution >= 4 is 29.1 Å². The smallest absolute Gasteiger partial charge is 0.267 e. The van der Waals surface area contributed by atoms with Gasteiger partial charge in [-0.1, -0.05) is 64.0 Å². The molecular weight excluding hydrogens is 377 g/mol. The molecule has 0 aromatic heterocycles. The Morgan fingerprint density at radius 3 is 2.14 bits per heavy atom. The lowest BCUT2D eigenvalue weighted by molar-refractivity contribution is -0.136. The van der Waals surface area contributed by atoms with Gasteiger partial charge in [0.05, 0.1) is 17.1 Å². The van der Waals surface area contributed by atoms with E-state index in [1.807, 2.05) is 0 Å². The lowest BCUT2D eigenvalue weighted by atomic mass is 10.1. The predicted molar refractivity (Wildman–Crippen MR) is 112 cm³/mol. The van der Waals surface area contributed by atoms with Gasteiger partial charge in [0.1, 0.15) is 5.82 Å². The van der Waals surface area contributed by atoms with Gasteiger partial charge in [-0.3, -0.25) is 14.5 Å². The highest BCUT2D eigenvalue weighted by Crippen LogP contribution is 2.36. The summed E-state index contributed by atoms with van der Waals surface area (Å²) in [5.41, 5.74) is 0.863. The molecule has 154 valence electrons. The first-order valence-corrected chi connectivity index (χ1v) is 11.2. The van der Waals surface area contributed by atoms with Gasteiger partial charge in [-0.2, -0.15) is 0 Å². The van der Waals surface area contributed by atoms with Crippen molar-refractivity contribution in [2.24, 2.45) is 0 Å². The van der Waals surface area contributed by atoms with Crippen LogP contribution in [0.25, 0.3) is 5.57 Å². The minimum absolute atomic E-state index is 0.0790. The number of carbonyl (C=O) groups is 2. The van der Waals surface area contributed by atoms with E-state index in [4.69, 9.17) is 5.11 Å². The molecule has 0 aliphatic carbocycles. The molecule has 1 aliphatic rings. The highest BCUT2D eigenvalue weighted by molar-refractivity contribution is 8.04. The van der Waals surface area contributed by atoms with E-state index >= 15 is 0 Å². The van der Waals surface area contributed by atoms with Gasteiger partial charge >= 0.3 is 0 Å². The van der Waals surface area contributed by atoms with Gasteiger partial charge in [-0.05, 0) is 24.1 Å². The standard InChI is InChI=1S/C22H30FNO3S/c1-2-3-4-5-6-7-8-9-14-24-21(26)19(17-10-12-18(23)13-11-17)20(22(24)27)28-16-15-25/h10-13,25H,2-9,14-16H2,1H3. The van der Waals surface area contributed by atoms with E-state index in [2.05, 4.69) is 6.92 Å². The number of halogens is 1. The number of unbranched alkanes of at least 4 members (excludes halogenated alkanes) is 7. The summed E-state index contributed by atoms with van der Waals surface area (Å²) in [7, 11) is 0.